The molecule has 128 valence electrons. The summed E-state index contributed by atoms with van der Waals surface area (Å²) in [6.45, 7) is 4.01. The fraction of sp³-hybridized carbons (Fsp3) is 0.150. The van der Waals surface area contributed by atoms with Crippen LogP contribution in [-0.4, -0.2) is 28.6 Å². The van der Waals surface area contributed by atoms with E-state index in [1.54, 1.807) is 25.1 Å². The lowest BCUT2D eigenvalue weighted by atomic mass is 10.00. The highest BCUT2D eigenvalue weighted by Crippen LogP contribution is 2.23. The molecule has 0 amide bonds. The maximum absolute atomic E-state index is 11.9. The van der Waals surface area contributed by atoms with Crippen molar-refractivity contribution in [3.05, 3.63) is 77.1 Å². The van der Waals surface area contributed by atoms with Crippen molar-refractivity contribution in [2.24, 2.45) is 0 Å². The molecule has 0 aliphatic carbocycles. The number of carbonyl (C=O) groups excluding carboxylic acids is 1. The van der Waals surface area contributed by atoms with Crippen molar-refractivity contribution in [3.63, 3.8) is 0 Å². The second-order valence-electron chi connectivity index (χ2n) is 5.30. The number of hydrogen-bond donors (Lipinski definition) is 1. The number of aliphatic carboxylic acids is 1. The number of ether oxygens (including phenoxy) is 1. The molecule has 1 heterocycles. The standard InChI is InChI=1S/C20H19NO4/c1-3-25-20(24)13-17(15-9-7-14(2)8-10-15)18-6-4-5-16(21-18)11-12-19(22)23/h4-13H,3H2,1-2H3,(H,22,23)/b12-11+,17-13-. The number of carboxylic acids is 1. The molecular weight excluding hydrogens is 318 g/mol. The summed E-state index contributed by atoms with van der Waals surface area (Å²) in [5, 5.41) is 8.75. The van der Waals surface area contributed by atoms with Gasteiger partial charge in [0, 0.05) is 17.7 Å². The van der Waals surface area contributed by atoms with E-state index in [9.17, 15) is 9.59 Å². The van der Waals surface area contributed by atoms with Gasteiger partial charge in [-0.2, -0.15) is 0 Å². The van der Waals surface area contributed by atoms with Crippen molar-refractivity contribution in [2.45, 2.75) is 13.8 Å². The normalized spacial score (nSPS) is 11.5. The molecule has 5 heteroatoms. The highest BCUT2D eigenvalue weighted by Gasteiger charge is 2.10. The van der Waals surface area contributed by atoms with Gasteiger partial charge in [-0.05, 0) is 37.6 Å². The number of rotatable bonds is 6. The van der Waals surface area contributed by atoms with E-state index in [2.05, 4.69) is 4.98 Å². The van der Waals surface area contributed by atoms with Gasteiger partial charge in [0.2, 0.25) is 0 Å². The van der Waals surface area contributed by atoms with Crippen molar-refractivity contribution in [1.29, 1.82) is 0 Å². The molecule has 1 aromatic heterocycles. The molecule has 0 aliphatic rings. The van der Waals surface area contributed by atoms with Crippen LogP contribution in [0.5, 0.6) is 0 Å². The largest absolute Gasteiger partial charge is 0.478 e. The van der Waals surface area contributed by atoms with Crippen LogP contribution < -0.4 is 0 Å². The predicted octanol–water partition coefficient (Wildman–Crippen LogP) is 3.48. The SMILES string of the molecule is CCOC(=O)/C=C(/c1ccc(C)cc1)c1cccc(/C=C/C(=O)O)n1. The number of hydrogen-bond acceptors (Lipinski definition) is 4. The van der Waals surface area contributed by atoms with Crippen LogP contribution in [0.3, 0.4) is 0 Å². The summed E-state index contributed by atoms with van der Waals surface area (Å²) in [5.74, 6) is -1.50. The number of benzene rings is 1. The van der Waals surface area contributed by atoms with Crippen LogP contribution in [0.1, 0.15) is 29.4 Å². The fourth-order valence-corrected chi connectivity index (χ4v) is 2.19. The average molecular weight is 337 g/mol. The monoisotopic (exact) mass is 337 g/mol. The van der Waals surface area contributed by atoms with Crippen molar-refractivity contribution in [1.82, 2.24) is 4.98 Å². The van der Waals surface area contributed by atoms with Gasteiger partial charge in [0.25, 0.3) is 0 Å². The number of pyridine rings is 1. The summed E-state index contributed by atoms with van der Waals surface area (Å²) in [6, 6.07) is 12.9. The van der Waals surface area contributed by atoms with Gasteiger partial charge in [-0.15, -0.1) is 0 Å². The first-order valence-corrected chi connectivity index (χ1v) is 7.83. The van der Waals surface area contributed by atoms with Crippen LogP contribution in [0.2, 0.25) is 0 Å². The third-order valence-electron chi connectivity index (χ3n) is 3.35. The summed E-state index contributed by atoms with van der Waals surface area (Å²) in [5.41, 5.74) is 3.59. The Hall–Kier alpha value is -3.21. The smallest absolute Gasteiger partial charge is 0.331 e. The number of nitrogens with zero attached hydrogens (tertiary/aromatic N) is 1. The highest BCUT2D eigenvalue weighted by atomic mass is 16.5. The highest BCUT2D eigenvalue weighted by molar-refractivity contribution is 5.95. The molecule has 0 unspecified atom stereocenters. The van der Waals surface area contributed by atoms with Gasteiger partial charge in [0.05, 0.1) is 18.0 Å². The zero-order chi connectivity index (χ0) is 18.2. The lowest BCUT2D eigenvalue weighted by Gasteiger charge is -2.09. The van der Waals surface area contributed by atoms with Crippen LogP contribution in [0.15, 0.2) is 54.6 Å². The van der Waals surface area contributed by atoms with Gasteiger partial charge in [0.1, 0.15) is 0 Å². The van der Waals surface area contributed by atoms with Crippen LogP contribution in [0.25, 0.3) is 11.6 Å². The number of aryl methyl sites for hydroxylation is 1. The molecule has 1 aromatic carbocycles. The maximum Gasteiger partial charge on any atom is 0.331 e. The van der Waals surface area contributed by atoms with E-state index < -0.39 is 11.9 Å². The summed E-state index contributed by atoms with van der Waals surface area (Å²) in [4.78, 5) is 27.1. The molecule has 1 N–H and O–H groups in total. The van der Waals surface area contributed by atoms with E-state index in [1.807, 2.05) is 31.2 Å². The van der Waals surface area contributed by atoms with Crippen molar-refractivity contribution < 1.29 is 19.4 Å². The first-order valence-electron chi connectivity index (χ1n) is 7.83. The zero-order valence-electron chi connectivity index (χ0n) is 14.1. The Morgan fingerprint density at radius 3 is 2.52 bits per heavy atom. The second kappa shape index (κ2) is 8.59. The number of carboxylic acid groups (broad SMARTS) is 1. The fourth-order valence-electron chi connectivity index (χ4n) is 2.19. The van der Waals surface area contributed by atoms with Gasteiger partial charge in [0.15, 0.2) is 0 Å². The summed E-state index contributed by atoms with van der Waals surface area (Å²) in [7, 11) is 0. The van der Waals surface area contributed by atoms with Crippen LogP contribution >= 0.6 is 0 Å². The summed E-state index contributed by atoms with van der Waals surface area (Å²) in [6.07, 6.45) is 3.83. The van der Waals surface area contributed by atoms with E-state index in [0.717, 1.165) is 17.2 Å². The second-order valence-corrected chi connectivity index (χ2v) is 5.30. The topological polar surface area (TPSA) is 76.5 Å². The molecule has 0 spiro atoms. The van der Waals surface area contributed by atoms with Gasteiger partial charge >= 0.3 is 11.9 Å². The van der Waals surface area contributed by atoms with E-state index in [0.29, 0.717) is 17.0 Å². The van der Waals surface area contributed by atoms with Crippen LogP contribution in [0.4, 0.5) is 0 Å². The minimum absolute atomic E-state index is 0.283. The Bertz CT molecular complexity index is 820. The Morgan fingerprint density at radius 2 is 1.88 bits per heavy atom. The average Bonchev–Trinajstić information content (AvgIpc) is 2.59. The zero-order valence-corrected chi connectivity index (χ0v) is 14.1. The Balaban J connectivity index is 2.48. The molecule has 0 aliphatic heterocycles. The van der Waals surface area contributed by atoms with Gasteiger partial charge < -0.3 is 9.84 Å². The van der Waals surface area contributed by atoms with Gasteiger partial charge in [-0.25, -0.2) is 14.6 Å². The number of carbonyl (C=O) groups is 2. The third kappa shape index (κ3) is 5.42. The molecular formula is C20H19NO4. The van der Waals surface area contributed by atoms with Crippen LogP contribution in [0, 0.1) is 6.92 Å². The predicted molar refractivity (Wildman–Crippen MR) is 95.8 cm³/mol. The number of esters is 1. The minimum atomic E-state index is -1.05. The molecule has 25 heavy (non-hydrogen) atoms. The van der Waals surface area contributed by atoms with Gasteiger partial charge in [-0.1, -0.05) is 35.9 Å². The molecule has 0 saturated carbocycles. The minimum Gasteiger partial charge on any atom is -0.478 e. The Kier molecular flexibility index (Phi) is 6.23. The molecule has 2 aromatic rings. The molecule has 0 fully saturated rings. The first kappa shape index (κ1) is 18.1. The van der Waals surface area contributed by atoms with Gasteiger partial charge in [-0.3, -0.25) is 0 Å². The van der Waals surface area contributed by atoms with E-state index in [4.69, 9.17) is 9.84 Å². The van der Waals surface area contributed by atoms with E-state index >= 15 is 0 Å². The molecule has 0 radical (unpaired) electrons. The quantitative estimate of drug-likeness (QED) is 0.645. The van der Waals surface area contributed by atoms with Crippen molar-refractivity contribution in [2.75, 3.05) is 6.61 Å². The third-order valence-corrected chi connectivity index (χ3v) is 3.35. The lowest BCUT2D eigenvalue weighted by Crippen LogP contribution is -2.03. The Labute approximate surface area is 146 Å². The molecule has 0 bridgehead atoms. The van der Waals surface area contributed by atoms with Crippen LogP contribution in [-0.2, 0) is 14.3 Å². The Morgan fingerprint density at radius 1 is 1.16 bits per heavy atom. The van der Waals surface area contributed by atoms with Crippen molar-refractivity contribution in [3.8, 4) is 0 Å². The first-order chi connectivity index (χ1) is 12.0. The maximum atomic E-state index is 11.9. The molecule has 0 saturated heterocycles. The van der Waals surface area contributed by atoms with E-state index in [1.165, 1.54) is 12.2 Å². The molecule has 0 atom stereocenters. The summed E-state index contributed by atoms with van der Waals surface area (Å²) >= 11 is 0. The summed E-state index contributed by atoms with van der Waals surface area (Å²) < 4.78 is 5.01. The van der Waals surface area contributed by atoms with E-state index in [-0.39, 0.29) is 6.61 Å². The lowest BCUT2D eigenvalue weighted by molar-refractivity contribution is -0.137. The molecule has 2 rings (SSSR count). The molecule has 5 nitrogen and oxygen atoms in total. The number of aromatic nitrogens is 1. The van der Waals surface area contributed by atoms with Crippen molar-refractivity contribution >= 4 is 23.6 Å².